The number of anilines is 1. The molecule has 0 unspecified atom stereocenters. The number of nitro benzene ring substituents is 1. The lowest BCUT2D eigenvalue weighted by Crippen LogP contribution is -2.34. The SMILES string of the molecule is O=C(NC(=S)Nc1ccc([N+](=O)[O-])cc1Cl)c1ccc(Cn2cc(Br)cn2)cc1. The van der Waals surface area contributed by atoms with Crippen molar-refractivity contribution < 1.29 is 9.72 Å². The maximum absolute atomic E-state index is 12.4. The third kappa shape index (κ3) is 5.59. The minimum atomic E-state index is -0.551. The summed E-state index contributed by atoms with van der Waals surface area (Å²) in [5.41, 5.74) is 1.62. The van der Waals surface area contributed by atoms with E-state index in [1.807, 2.05) is 18.3 Å². The van der Waals surface area contributed by atoms with Crippen LogP contribution in [-0.4, -0.2) is 25.7 Å². The number of nitrogens with one attached hydrogen (secondary N) is 2. The first-order valence-electron chi connectivity index (χ1n) is 8.15. The third-order valence-corrected chi connectivity index (χ3v) is 4.73. The second-order valence-electron chi connectivity index (χ2n) is 5.88. The molecule has 3 rings (SSSR count). The monoisotopic (exact) mass is 493 g/mol. The lowest BCUT2D eigenvalue weighted by atomic mass is 10.1. The van der Waals surface area contributed by atoms with Crippen molar-refractivity contribution in [1.29, 1.82) is 0 Å². The highest BCUT2D eigenvalue weighted by Gasteiger charge is 2.12. The van der Waals surface area contributed by atoms with Crippen LogP contribution in [0, 0.1) is 10.1 Å². The molecule has 1 heterocycles. The number of non-ortho nitro benzene ring substituents is 1. The van der Waals surface area contributed by atoms with Crippen LogP contribution in [0.3, 0.4) is 0 Å². The quantitative estimate of drug-likeness (QED) is 0.310. The van der Waals surface area contributed by atoms with Crippen LogP contribution in [0.2, 0.25) is 5.02 Å². The van der Waals surface area contributed by atoms with Crippen LogP contribution in [-0.2, 0) is 6.54 Å². The summed E-state index contributed by atoms with van der Waals surface area (Å²) < 4.78 is 2.66. The lowest BCUT2D eigenvalue weighted by Gasteiger charge is -2.11. The molecule has 3 aromatic rings. The molecule has 29 heavy (non-hydrogen) atoms. The summed E-state index contributed by atoms with van der Waals surface area (Å²) in [6.45, 7) is 0.576. The van der Waals surface area contributed by atoms with Crippen molar-refractivity contribution in [2.45, 2.75) is 6.54 Å². The van der Waals surface area contributed by atoms with Gasteiger partial charge in [0.25, 0.3) is 11.6 Å². The zero-order valence-corrected chi connectivity index (χ0v) is 17.8. The van der Waals surface area contributed by atoms with Gasteiger partial charge in [0.2, 0.25) is 0 Å². The fourth-order valence-electron chi connectivity index (χ4n) is 2.42. The Morgan fingerprint density at radius 3 is 2.59 bits per heavy atom. The van der Waals surface area contributed by atoms with Gasteiger partial charge in [0.05, 0.1) is 32.8 Å². The molecule has 0 aliphatic heterocycles. The van der Waals surface area contributed by atoms with Gasteiger partial charge in [-0.3, -0.25) is 24.9 Å². The zero-order chi connectivity index (χ0) is 21.0. The minimum Gasteiger partial charge on any atom is -0.331 e. The molecule has 0 bridgehead atoms. The van der Waals surface area contributed by atoms with Gasteiger partial charge in [0.15, 0.2) is 5.11 Å². The van der Waals surface area contributed by atoms with Gasteiger partial charge < -0.3 is 5.32 Å². The van der Waals surface area contributed by atoms with Crippen LogP contribution in [0.15, 0.2) is 59.3 Å². The number of aromatic nitrogens is 2. The van der Waals surface area contributed by atoms with Crippen molar-refractivity contribution >= 4 is 62.1 Å². The van der Waals surface area contributed by atoms with E-state index < -0.39 is 10.8 Å². The number of halogens is 2. The Balaban J connectivity index is 1.59. The molecular formula is C18H13BrClN5O3S. The van der Waals surface area contributed by atoms with Crippen LogP contribution >= 0.6 is 39.7 Å². The van der Waals surface area contributed by atoms with E-state index in [0.717, 1.165) is 10.0 Å². The zero-order valence-electron chi connectivity index (χ0n) is 14.6. The molecule has 8 nitrogen and oxygen atoms in total. The summed E-state index contributed by atoms with van der Waals surface area (Å²) in [4.78, 5) is 22.6. The topological polar surface area (TPSA) is 102 Å². The van der Waals surface area contributed by atoms with Crippen LogP contribution in [0.1, 0.15) is 15.9 Å². The fourth-order valence-corrected chi connectivity index (χ4v) is 3.17. The van der Waals surface area contributed by atoms with Gasteiger partial charge in [0, 0.05) is 23.9 Å². The number of carbonyl (C=O) groups is 1. The van der Waals surface area contributed by atoms with Gasteiger partial charge in [0.1, 0.15) is 0 Å². The minimum absolute atomic E-state index is 0.0243. The van der Waals surface area contributed by atoms with Crippen LogP contribution < -0.4 is 10.6 Å². The maximum atomic E-state index is 12.4. The number of carbonyl (C=O) groups excluding carboxylic acids is 1. The Morgan fingerprint density at radius 2 is 2.00 bits per heavy atom. The number of thiocarbonyl (C=S) groups is 1. The smallest absolute Gasteiger partial charge is 0.271 e. The van der Waals surface area contributed by atoms with Gasteiger partial charge >= 0.3 is 0 Å². The number of nitro groups is 1. The molecule has 11 heteroatoms. The van der Waals surface area contributed by atoms with Gasteiger partial charge in [-0.2, -0.15) is 5.10 Å². The molecule has 148 valence electrons. The van der Waals surface area contributed by atoms with E-state index in [4.69, 9.17) is 23.8 Å². The number of hydrogen-bond acceptors (Lipinski definition) is 5. The van der Waals surface area contributed by atoms with Gasteiger partial charge in [-0.15, -0.1) is 0 Å². The summed E-state index contributed by atoms with van der Waals surface area (Å²) in [6, 6.07) is 10.9. The number of hydrogen-bond donors (Lipinski definition) is 2. The van der Waals surface area contributed by atoms with Crippen molar-refractivity contribution in [1.82, 2.24) is 15.1 Å². The van der Waals surface area contributed by atoms with Gasteiger partial charge in [-0.25, -0.2) is 0 Å². The van der Waals surface area contributed by atoms with Gasteiger partial charge in [-0.1, -0.05) is 23.7 Å². The number of benzene rings is 2. The molecule has 0 fully saturated rings. The number of amides is 1. The van der Waals surface area contributed by atoms with E-state index in [1.54, 1.807) is 23.0 Å². The Labute approximate surface area is 184 Å². The molecule has 0 saturated carbocycles. The number of rotatable bonds is 5. The molecule has 0 spiro atoms. The molecule has 2 aromatic carbocycles. The molecule has 0 aliphatic rings. The Morgan fingerprint density at radius 1 is 1.28 bits per heavy atom. The van der Waals surface area contributed by atoms with Crippen LogP contribution in [0.5, 0.6) is 0 Å². The number of nitrogens with zero attached hydrogens (tertiary/aromatic N) is 3. The van der Waals surface area contributed by atoms with Crippen LogP contribution in [0.4, 0.5) is 11.4 Å². The first-order chi connectivity index (χ1) is 13.8. The molecule has 0 saturated heterocycles. The van der Waals surface area contributed by atoms with Crippen LogP contribution in [0.25, 0.3) is 0 Å². The highest BCUT2D eigenvalue weighted by Crippen LogP contribution is 2.26. The molecular weight excluding hydrogens is 482 g/mol. The summed E-state index contributed by atoms with van der Waals surface area (Å²) in [5.74, 6) is -0.395. The van der Waals surface area contributed by atoms with E-state index in [9.17, 15) is 14.9 Å². The van der Waals surface area contributed by atoms with Crippen molar-refractivity contribution in [3.63, 3.8) is 0 Å². The highest BCUT2D eigenvalue weighted by molar-refractivity contribution is 9.10. The average molecular weight is 495 g/mol. The molecule has 1 amide bonds. The van der Waals surface area contributed by atoms with E-state index >= 15 is 0 Å². The predicted octanol–water partition coefficient (Wildman–Crippen LogP) is 4.38. The second kappa shape index (κ2) is 9.12. The standard InChI is InChI=1S/C18H13BrClN5O3S/c19-13-8-21-24(10-13)9-11-1-3-12(4-2-11)17(26)23-18(29)22-16-6-5-14(25(27)28)7-15(16)20/h1-8,10H,9H2,(H2,22,23,26,29). The summed E-state index contributed by atoms with van der Waals surface area (Å²) in [6.07, 6.45) is 3.56. The highest BCUT2D eigenvalue weighted by atomic mass is 79.9. The van der Waals surface area contributed by atoms with Gasteiger partial charge in [-0.05, 0) is 51.9 Å². The first-order valence-corrected chi connectivity index (χ1v) is 9.73. The molecule has 0 radical (unpaired) electrons. The van der Waals surface area contributed by atoms with E-state index in [2.05, 4.69) is 31.7 Å². The van der Waals surface area contributed by atoms with Crippen molar-refractivity contribution in [3.05, 3.63) is 85.6 Å². The molecule has 0 aliphatic carbocycles. The third-order valence-electron chi connectivity index (χ3n) is 3.80. The molecule has 1 aromatic heterocycles. The van der Waals surface area contributed by atoms with E-state index in [-0.39, 0.29) is 15.8 Å². The van der Waals surface area contributed by atoms with Crippen molar-refractivity contribution in [2.75, 3.05) is 5.32 Å². The second-order valence-corrected chi connectivity index (χ2v) is 7.61. The summed E-state index contributed by atoms with van der Waals surface area (Å²) in [5, 5.41) is 20.4. The normalized spacial score (nSPS) is 10.4. The Kier molecular flexibility index (Phi) is 6.57. The first kappa shape index (κ1) is 20.9. The fraction of sp³-hybridized carbons (Fsp3) is 0.0556. The Hall–Kier alpha value is -2.82. The lowest BCUT2D eigenvalue weighted by molar-refractivity contribution is -0.384. The molecule has 0 atom stereocenters. The van der Waals surface area contributed by atoms with E-state index in [1.165, 1.54) is 18.2 Å². The largest absolute Gasteiger partial charge is 0.331 e. The average Bonchev–Trinajstić information content (AvgIpc) is 3.08. The van der Waals surface area contributed by atoms with Crippen molar-refractivity contribution in [3.8, 4) is 0 Å². The maximum Gasteiger partial charge on any atom is 0.271 e. The Bertz CT molecular complexity index is 1090. The predicted molar refractivity (Wildman–Crippen MR) is 117 cm³/mol. The summed E-state index contributed by atoms with van der Waals surface area (Å²) >= 11 is 14.5. The molecule has 2 N–H and O–H groups in total. The summed E-state index contributed by atoms with van der Waals surface area (Å²) in [7, 11) is 0. The van der Waals surface area contributed by atoms with E-state index in [0.29, 0.717) is 17.8 Å². The van der Waals surface area contributed by atoms with Crippen molar-refractivity contribution in [2.24, 2.45) is 0 Å².